The summed E-state index contributed by atoms with van der Waals surface area (Å²) in [5.41, 5.74) is 5.70. The van der Waals surface area contributed by atoms with Gasteiger partial charge in [-0.3, -0.25) is 14.0 Å². The number of ether oxygens (including phenoxy) is 1. The normalized spacial score (nSPS) is 13.3. The molecule has 0 atom stereocenters. The van der Waals surface area contributed by atoms with Crippen LogP contribution in [0.25, 0.3) is 16.6 Å². The van der Waals surface area contributed by atoms with Crippen molar-refractivity contribution < 1.29 is 14.3 Å². The van der Waals surface area contributed by atoms with Crippen molar-refractivity contribution in [1.29, 1.82) is 0 Å². The summed E-state index contributed by atoms with van der Waals surface area (Å²) in [6.07, 6.45) is 3.84. The molecule has 0 radical (unpaired) electrons. The summed E-state index contributed by atoms with van der Waals surface area (Å²) in [4.78, 5) is 36.1. The first-order valence-corrected chi connectivity index (χ1v) is 10.0. The van der Waals surface area contributed by atoms with Crippen LogP contribution in [0.2, 0.25) is 0 Å². The van der Waals surface area contributed by atoms with Gasteiger partial charge in [0.2, 0.25) is 5.91 Å². The fourth-order valence-electron chi connectivity index (χ4n) is 3.90. The first kappa shape index (κ1) is 19.9. The summed E-state index contributed by atoms with van der Waals surface area (Å²) in [6.45, 7) is 4.00. The second-order valence-corrected chi connectivity index (χ2v) is 7.76. The Morgan fingerprint density at radius 3 is 2.47 bits per heavy atom. The lowest BCUT2D eigenvalue weighted by atomic mass is 9.96. The van der Waals surface area contributed by atoms with Crippen LogP contribution in [-0.2, 0) is 16.1 Å². The van der Waals surface area contributed by atoms with Crippen LogP contribution in [0.3, 0.4) is 0 Å². The van der Waals surface area contributed by atoms with Gasteiger partial charge in [-0.2, -0.15) is 0 Å². The summed E-state index contributed by atoms with van der Waals surface area (Å²) in [5, 5.41) is 2.79. The molecule has 3 aromatic rings. The van der Waals surface area contributed by atoms with Crippen molar-refractivity contribution in [2.45, 2.75) is 39.2 Å². The van der Waals surface area contributed by atoms with Crippen molar-refractivity contribution in [3.63, 3.8) is 0 Å². The van der Waals surface area contributed by atoms with E-state index >= 15 is 0 Å². The number of rotatable bonds is 5. The molecule has 1 saturated carbocycles. The number of nitrogens with one attached hydrogen (secondary N) is 1. The SMILES string of the molecule is COC(=O)c1cc(C2CC2)c2c(C)c(-c3ccc(CNC(C)=O)cc3)ccn2c1=O. The fraction of sp³-hybridized carbons (Fsp3) is 0.292. The predicted octanol–water partition coefficient (Wildman–Crippen LogP) is 3.58. The van der Waals surface area contributed by atoms with Crippen molar-refractivity contribution in [1.82, 2.24) is 9.72 Å². The molecule has 2 heterocycles. The van der Waals surface area contributed by atoms with Crippen LogP contribution in [0.1, 0.15) is 52.7 Å². The van der Waals surface area contributed by atoms with E-state index in [9.17, 15) is 14.4 Å². The molecular weight excluding hydrogens is 380 g/mol. The molecule has 0 saturated heterocycles. The van der Waals surface area contributed by atoms with Gasteiger partial charge >= 0.3 is 5.97 Å². The standard InChI is InChI=1S/C24H24N2O4/c1-14-19(17-6-4-16(5-7-17)13-25-15(2)27)10-11-26-22(14)20(18-8-9-18)12-21(23(26)28)24(29)30-3/h4-7,10-12,18H,8-9,13H2,1-3H3,(H,25,27). The molecule has 6 heteroatoms. The molecule has 0 aliphatic heterocycles. The summed E-state index contributed by atoms with van der Waals surface area (Å²) in [5.74, 6) is -0.306. The van der Waals surface area contributed by atoms with E-state index < -0.39 is 5.97 Å². The average Bonchev–Trinajstić information content (AvgIpc) is 3.58. The van der Waals surface area contributed by atoms with Crippen LogP contribution in [0, 0.1) is 6.92 Å². The summed E-state index contributed by atoms with van der Waals surface area (Å²) in [6, 6.07) is 11.6. The van der Waals surface area contributed by atoms with Gasteiger partial charge in [0.05, 0.1) is 12.6 Å². The van der Waals surface area contributed by atoms with Crippen LogP contribution < -0.4 is 10.9 Å². The monoisotopic (exact) mass is 404 g/mol. The lowest BCUT2D eigenvalue weighted by molar-refractivity contribution is -0.119. The number of methoxy groups -OCH3 is 1. The smallest absolute Gasteiger partial charge is 0.343 e. The maximum Gasteiger partial charge on any atom is 0.343 e. The van der Waals surface area contributed by atoms with E-state index in [1.807, 2.05) is 37.3 Å². The van der Waals surface area contributed by atoms with Crippen LogP contribution in [0.5, 0.6) is 0 Å². The molecule has 6 nitrogen and oxygen atoms in total. The van der Waals surface area contributed by atoms with E-state index in [2.05, 4.69) is 5.32 Å². The van der Waals surface area contributed by atoms with Crippen LogP contribution >= 0.6 is 0 Å². The van der Waals surface area contributed by atoms with Crippen molar-refractivity contribution in [2.24, 2.45) is 0 Å². The Morgan fingerprint density at radius 2 is 1.87 bits per heavy atom. The molecule has 1 aliphatic rings. The molecule has 0 unspecified atom stereocenters. The van der Waals surface area contributed by atoms with E-state index in [1.54, 1.807) is 16.7 Å². The van der Waals surface area contributed by atoms with Crippen molar-refractivity contribution in [3.8, 4) is 11.1 Å². The topological polar surface area (TPSA) is 76.9 Å². The van der Waals surface area contributed by atoms with Gasteiger partial charge in [-0.15, -0.1) is 0 Å². The molecule has 4 rings (SSSR count). The first-order chi connectivity index (χ1) is 14.4. The van der Waals surface area contributed by atoms with Crippen LogP contribution in [-0.4, -0.2) is 23.4 Å². The number of aromatic nitrogens is 1. The molecule has 154 valence electrons. The Balaban J connectivity index is 1.83. The number of fused-ring (bicyclic) bond motifs is 1. The predicted molar refractivity (Wildman–Crippen MR) is 115 cm³/mol. The van der Waals surface area contributed by atoms with Gasteiger partial charge in [0.25, 0.3) is 5.56 Å². The maximum atomic E-state index is 12.9. The highest BCUT2D eigenvalue weighted by molar-refractivity contribution is 5.90. The minimum atomic E-state index is -0.604. The number of esters is 1. The molecule has 2 aromatic heterocycles. The van der Waals surface area contributed by atoms with Crippen LogP contribution in [0.4, 0.5) is 0 Å². The Hall–Kier alpha value is -3.41. The number of aryl methyl sites for hydroxylation is 1. The number of benzene rings is 1. The van der Waals surface area contributed by atoms with Gasteiger partial charge in [0.1, 0.15) is 5.56 Å². The zero-order valence-corrected chi connectivity index (χ0v) is 17.3. The molecule has 30 heavy (non-hydrogen) atoms. The van der Waals surface area contributed by atoms with Gasteiger partial charge < -0.3 is 10.1 Å². The van der Waals surface area contributed by atoms with E-state index in [0.29, 0.717) is 12.5 Å². The number of hydrogen-bond acceptors (Lipinski definition) is 4. The Morgan fingerprint density at radius 1 is 1.17 bits per heavy atom. The number of nitrogens with zero attached hydrogens (tertiary/aromatic N) is 1. The molecule has 1 aliphatic carbocycles. The van der Waals surface area contributed by atoms with Crippen molar-refractivity contribution in [2.75, 3.05) is 7.11 Å². The van der Waals surface area contributed by atoms with Crippen molar-refractivity contribution >= 4 is 17.4 Å². The fourth-order valence-corrected chi connectivity index (χ4v) is 3.90. The molecule has 1 N–H and O–H groups in total. The van der Waals surface area contributed by atoms with Gasteiger partial charge in [-0.25, -0.2) is 4.79 Å². The van der Waals surface area contributed by atoms with Gasteiger partial charge in [-0.1, -0.05) is 24.3 Å². The third kappa shape index (κ3) is 3.61. The number of hydrogen-bond donors (Lipinski definition) is 1. The highest BCUT2D eigenvalue weighted by Crippen LogP contribution is 2.43. The summed E-state index contributed by atoms with van der Waals surface area (Å²) in [7, 11) is 1.29. The largest absolute Gasteiger partial charge is 0.465 e. The lowest BCUT2D eigenvalue weighted by Crippen LogP contribution is -2.24. The lowest BCUT2D eigenvalue weighted by Gasteiger charge is -2.16. The minimum Gasteiger partial charge on any atom is -0.465 e. The number of pyridine rings is 2. The van der Waals surface area contributed by atoms with Crippen molar-refractivity contribution in [3.05, 3.63) is 75.2 Å². The highest BCUT2D eigenvalue weighted by atomic mass is 16.5. The molecule has 0 spiro atoms. The molecular formula is C24H24N2O4. The zero-order chi connectivity index (χ0) is 21.4. The van der Waals surface area contributed by atoms with Gasteiger partial charge in [0, 0.05) is 19.7 Å². The van der Waals surface area contributed by atoms with E-state index in [0.717, 1.165) is 46.2 Å². The first-order valence-electron chi connectivity index (χ1n) is 10.0. The molecule has 1 amide bonds. The van der Waals surface area contributed by atoms with E-state index in [4.69, 9.17) is 4.74 Å². The molecule has 1 aromatic carbocycles. The maximum absolute atomic E-state index is 12.9. The Bertz CT molecular complexity index is 1200. The third-order valence-electron chi connectivity index (χ3n) is 5.64. The summed E-state index contributed by atoms with van der Waals surface area (Å²) < 4.78 is 6.39. The van der Waals surface area contributed by atoms with E-state index in [-0.39, 0.29) is 17.0 Å². The Kier molecular flexibility index (Phi) is 5.16. The van der Waals surface area contributed by atoms with E-state index in [1.165, 1.54) is 14.0 Å². The average molecular weight is 404 g/mol. The molecule has 0 bridgehead atoms. The molecule has 1 fully saturated rings. The second kappa shape index (κ2) is 7.78. The van der Waals surface area contributed by atoms with Gasteiger partial charge in [-0.05, 0) is 65.6 Å². The number of amides is 1. The highest BCUT2D eigenvalue weighted by Gasteiger charge is 2.29. The Labute approximate surface area is 174 Å². The quantitative estimate of drug-likeness (QED) is 0.660. The second-order valence-electron chi connectivity index (χ2n) is 7.76. The minimum absolute atomic E-state index is 0.0613. The zero-order valence-electron chi connectivity index (χ0n) is 17.3. The summed E-state index contributed by atoms with van der Waals surface area (Å²) >= 11 is 0. The third-order valence-corrected chi connectivity index (χ3v) is 5.64. The van der Waals surface area contributed by atoms with Gasteiger partial charge in [0.15, 0.2) is 0 Å². The number of carbonyl (C=O) groups is 2. The number of carbonyl (C=O) groups excluding carboxylic acids is 2. The van der Waals surface area contributed by atoms with Crippen LogP contribution in [0.15, 0.2) is 47.4 Å².